The SMILES string of the molecule is CNCc1cn(S(=O)(=O)c2cccnc2)c2cc(-c3ccccc3)ccc12. The highest BCUT2D eigenvalue weighted by Crippen LogP contribution is 2.30. The zero-order valence-corrected chi connectivity index (χ0v) is 15.6. The second kappa shape index (κ2) is 6.98. The molecule has 4 rings (SSSR count). The number of benzene rings is 2. The van der Waals surface area contributed by atoms with Crippen molar-refractivity contribution in [2.45, 2.75) is 11.4 Å². The van der Waals surface area contributed by atoms with Crippen molar-refractivity contribution in [3.8, 4) is 11.1 Å². The highest BCUT2D eigenvalue weighted by molar-refractivity contribution is 7.90. The predicted octanol–water partition coefficient (Wildman–Crippen LogP) is 3.66. The number of hydrogen-bond donors (Lipinski definition) is 1. The summed E-state index contributed by atoms with van der Waals surface area (Å²) < 4.78 is 27.8. The molecule has 0 fully saturated rings. The summed E-state index contributed by atoms with van der Waals surface area (Å²) in [6, 6.07) is 19.1. The third-order valence-corrected chi connectivity index (χ3v) is 6.18. The van der Waals surface area contributed by atoms with Crippen molar-refractivity contribution in [1.29, 1.82) is 0 Å². The average Bonchev–Trinajstić information content (AvgIpc) is 3.08. The average molecular weight is 377 g/mol. The summed E-state index contributed by atoms with van der Waals surface area (Å²) in [5.74, 6) is 0. The largest absolute Gasteiger partial charge is 0.316 e. The fourth-order valence-electron chi connectivity index (χ4n) is 3.22. The van der Waals surface area contributed by atoms with E-state index in [-0.39, 0.29) is 4.90 Å². The first-order valence-electron chi connectivity index (χ1n) is 8.61. The lowest BCUT2D eigenvalue weighted by molar-refractivity contribution is 0.588. The van der Waals surface area contributed by atoms with Crippen LogP contribution in [0.25, 0.3) is 22.0 Å². The van der Waals surface area contributed by atoms with E-state index in [9.17, 15) is 8.42 Å². The van der Waals surface area contributed by atoms with Gasteiger partial charge in [-0.3, -0.25) is 4.98 Å². The minimum absolute atomic E-state index is 0.169. The molecule has 0 spiro atoms. The Bertz CT molecular complexity index is 1180. The number of aromatic nitrogens is 2. The normalized spacial score (nSPS) is 11.7. The van der Waals surface area contributed by atoms with Gasteiger partial charge in [-0.05, 0) is 41.9 Å². The molecule has 2 aromatic carbocycles. The molecule has 2 aromatic heterocycles. The molecule has 0 saturated heterocycles. The van der Waals surface area contributed by atoms with Gasteiger partial charge in [0.25, 0.3) is 10.0 Å². The quantitative estimate of drug-likeness (QED) is 0.576. The number of rotatable bonds is 5. The van der Waals surface area contributed by atoms with Crippen molar-refractivity contribution >= 4 is 20.9 Å². The van der Waals surface area contributed by atoms with Crippen LogP contribution in [0.2, 0.25) is 0 Å². The second-order valence-electron chi connectivity index (χ2n) is 6.27. The Kier molecular flexibility index (Phi) is 4.51. The summed E-state index contributed by atoms with van der Waals surface area (Å²) in [7, 11) is -1.89. The number of pyridine rings is 1. The van der Waals surface area contributed by atoms with Gasteiger partial charge in [0, 0.05) is 30.5 Å². The highest BCUT2D eigenvalue weighted by Gasteiger charge is 2.21. The molecular formula is C21H19N3O2S. The maximum atomic E-state index is 13.2. The van der Waals surface area contributed by atoms with Crippen LogP contribution in [-0.4, -0.2) is 24.4 Å². The topological polar surface area (TPSA) is 64.0 Å². The van der Waals surface area contributed by atoms with E-state index in [4.69, 9.17) is 0 Å². The van der Waals surface area contributed by atoms with Crippen LogP contribution in [0, 0.1) is 0 Å². The van der Waals surface area contributed by atoms with Crippen molar-refractivity contribution < 1.29 is 8.42 Å². The molecule has 0 bridgehead atoms. The minimum Gasteiger partial charge on any atom is -0.316 e. The fourth-order valence-corrected chi connectivity index (χ4v) is 4.57. The highest BCUT2D eigenvalue weighted by atomic mass is 32.2. The van der Waals surface area contributed by atoms with Crippen molar-refractivity contribution in [3.63, 3.8) is 0 Å². The van der Waals surface area contributed by atoms with Gasteiger partial charge in [-0.2, -0.15) is 0 Å². The maximum absolute atomic E-state index is 13.2. The van der Waals surface area contributed by atoms with Crippen molar-refractivity contribution in [3.05, 3.63) is 84.8 Å². The Morgan fingerprint density at radius 1 is 1.00 bits per heavy atom. The van der Waals surface area contributed by atoms with E-state index in [1.54, 1.807) is 24.5 Å². The first-order valence-corrected chi connectivity index (χ1v) is 10.0. The van der Waals surface area contributed by atoms with Gasteiger partial charge in [-0.15, -0.1) is 0 Å². The van der Waals surface area contributed by atoms with Crippen molar-refractivity contribution in [1.82, 2.24) is 14.3 Å². The summed E-state index contributed by atoms with van der Waals surface area (Å²) >= 11 is 0. The van der Waals surface area contributed by atoms with Crippen LogP contribution >= 0.6 is 0 Å². The monoisotopic (exact) mass is 377 g/mol. The molecule has 0 saturated carbocycles. The molecule has 0 amide bonds. The molecule has 0 aliphatic rings. The first kappa shape index (κ1) is 17.5. The first-order chi connectivity index (χ1) is 13.1. The molecule has 0 atom stereocenters. The third kappa shape index (κ3) is 3.13. The third-order valence-electron chi connectivity index (χ3n) is 4.52. The molecule has 27 heavy (non-hydrogen) atoms. The predicted molar refractivity (Wildman–Crippen MR) is 107 cm³/mol. The molecule has 2 heterocycles. The molecule has 6 heteroatoms. The summed E-state index contributed by atoms with van der Waals surface area (Å²) in [4.78, 5) is 4.13. The summed E-state index contributed by atoms with van der Waals surface area (Å²) in [5, 5.41) is 4.02. The minimum atomic E-state index is -3.74. The van der Waals surface area contributed by atoms with E-state index >= 15 is 0 Å². The zero-order valence-electron chi connectivity index (χ0n) is 14.8. The zero-order chi connectivity index (χ0) is 18.9. The Morgan fingerprint density at radius 2 is 1.81 bits per heavy atom. The molecule has 0 aliphatic heterocycles. The lowest BCUT2D eigenvalue weighted by atomic mass is 10.0. The van der Waals surface area contributed by atoms with Gasteiger partial charge >= 0.3 is 0 Å². The van der Waals surface area contributed by atoms with Gasteiger partial charge in [0.05, 0.1) is 5.52 Å². The van der Waals surface area contributed by atoms with Crippen LogP contribution in [-0.2, 0) is 16.6 Å². The molecule has 0 aliphatic carbocycles. The lowest BCUT2D eigenvalue weighted by Gasteiger charge is -2.08. The summed E-state index contributed by atoms with van der Waals surface area (Å²) in [6.45, 7) is 0.580. The van der Waals surface area contributed by atoms with Crippen molar-refractivity contribution in [2.24, 2.45) is 0 Å². The van der Waals surface area contributed by atoms with Crippen LogP contribution in [0.3, 0.4) is 0 Å². The second-order valence-corrected chi connectivity index (χ2v) is 8.09. The summed E-state index contributed by atoms with van der Waals surface area (Å²) in [6.07, 6.45) is 4.63. The van der Waals surface area contributed by atoms with E-state index in [2.05, 4.69) is 10.3 Å². The van der Waals surface area contributed by atoms with E-state index < -0.39 is 10.0 Å². The fraction of sp³-hybridized carbons (Fsp3) is 0.0952. The van der Waals surface area contributed by atoms with Gasteiger partial charge in [-0.1, -0.05) is 42.5 Å². The van der Waals surface area contributed by atoms with Gasteiger partial charge in [0.1, 0.15) is 4.90 Å². The molecular weight excluding hydrogens is 358 g/mol. The smallest absolute Gasteiger partial charge is 0.269 e. The Morgan fingerprint density at radius 3 is 2.52 bits per heavy atom. The van der Waals surface area contributed by atoms with Crippen LogP contribution in [0.1, 0.15) is 5.56 Å². The van der Waals surface area contributed by atoms with Gasteiger partial charge < -0.3 is 5.32 Å². The van der Waals surface area contributed by atoms with Crippen LogP contribution in [0.5, 0.6) is 0 Å². The molecule has 4 aromatic rings. The van der Waals surface area contributed by atoms with E-state index in [0.717, 1.165) is 22.1 Å². The lowest BCUT2D eigenvalue weighted by Crippen LogP contribution is -2.12. The number of fused-ring (bicyclic) bond motifs is 1. The molecule has 0 unspecified atom stereocenters. The van der Waals surface area contributed by atoms with Gasteiger partial charge in [-0.25, -0.2) is 12.4 Å². The number of nitrogens with one attached hydrogen (secondary N) is 1. The van der Waals surface area contributed by atoms with E-state index in [1.807, 2.05) is 55.6 Å². The molecule has 1 N–H and O–H groups in total. The van der Waals surface area contributed by atoms with Crippen molar-refractivity contribution in [2.75, 3.05) is 7.05 Å². The Hall–Kier alpha value is -2.96. The molecule has 0 radical (unpaired) electrons. The van der Waals surface area contributed by atoms with Gasteiger partial charge in [0.15, 0.2) is 0 Å². The van der Waals surface area contributed by atoms with Crippen LogP contribution < -0.4 is 5.32 Å². The van der Waals surface area contributed by atoms with Gasteiger partial charge in [0.2, 0.25) is 0 Å². The Balaban J connectivity index is 1.96. The maximum Gasteiger partial charge on any atom is 0.269 e. The van der Waals surface area contributed by atoms with E-state index in [0.29, 0.717) is 12.1 Å². The van der Waals surface area contributed by atoms with Crippen LogP contribution in [0.15, 0.2) is 84.1 Å². The standard InChI is InChI=1S/C21H19N3O2S/c1-22-13-18-15-24(27(25,26)19-8-5-11-23-14-19)21-12-17(9-10-20(18)21)16-6-3-2-4-7-16/h2-12,14-15,22H,13H2,1H3. The van der Waals surface area contributed by atoms with E-state index in [1.165, 1.54) is 10.2 Å². The molecule has 136 valence electrons. The Labute approximate surface area is 158 Å². The number of nitrogens with zero attached hydrogens (tertiary/aromatic N) is 2. The van der Waals surface area contributed by atoms with Crippen LogP contribution in [0.4, 0.5) is 0 Å². The number of hydrogen-bond acceptors (Lipinski definition) is 4. The summed E-state index contributed by atoms with van der Waals surface area (Å²) in [5.41, 5.74) is 3.60. The molecule has 5 nitrogen and oxygen atoms in total.